The Bertz CT molecular complexity index is 1070. The van der Waals surface area contributed by atoms with Crippen LogP contribution in [0.4, 0.5) is 10.5 Å². The predicted octanol–water partition coefficient (Wildman–Crippen LogP) is 4.46. The van der Waals surface area contributed by atoms with Gasteiger partial charge < -0.3 is 10.6 Å². The lowest BCUT2D eigenvalue weighted by Crippen LogP contribution is -2.58. The second-order valence-corrected chi connectivity index (χ2v) is 10.4. The summed E-state index contributed by atoms with van der Waals surface area (Å²) in [7, 11) is 0. The van der Waals surface area contributed by atoms with Crippen LogP contribution in [0.15, 0.2) is 48.5 Å². The summed E-state index contributed by atoms with van der Waals surface area (Å²) in [6, 6.07) is 15.6. The first-order valence-electron chi connectivity index (χ1n) is 12.5. The number of para-hydroxylation sites is 1. The highest BCUT2D eigenvalue weighted by molar-refractivity contribution is 6.10. The molecule has 2 heterocycles. The van der Waals surface area contributed by atoms with Crippen molar-refractivity contribution in [1.82, 2.24) is 15.1 Å². The van der Waals surface area contributed by atoms with E-state index in [0.717, 1.165) is 41.2 Å². The minimum absolute atomic E-state index is 0.224. The van der Waals surface area contributed by atoms with Crippen molar-refractivity contribution in [3.05, 3.63) is 65.2 Å². The van der Waals surface area contributed by atoms with Gasteiger partial charge in [0, 0.05) is 18.8 Å². The molecule has 0 bridgehead atoms. The van der Waals surface area contributed by atoms with Crippen LogP contribution in [0.25, 0.3) is 0 Å². The molecule has 2 saturated heterocycles. The van der Waals surface area contributed by atoms with Crippen LogP contribution < -0.4 is 10.6 Å². The number of nitrogens with one attached hydrogen (secondary N) is 2. The van der Waals surface area contributed by atoms with Gasteiger partial charge in [-0.05, 0) is 47.9 Å². The van der Waals surface area contributed by atoms with Crippen LogP contribution in [0.3, 0.4) is 0 Å². The number of amides is 4. The van der Waals surface area contributed by atoms with E-state index >= 15 is 0 Å². The molecule has 1 unspecified atom stereocenters. The number of carbonyl (C=O) groups excluding carboxylic acids is 3. The van der Waals surface area contributed by atoms with Crippen molar-refractivity contribution in [3.8, 4) is 0 Å². The first-order chi connectivity index (χ1) is 16.7. The van der Waals surface area contributed by atoms with E-state index in [1.807, 2.05) is 36.4 Å². The molecule has 4 rings (SSSR count). The second-order valence-electron chi connectivity index (χ2n) is 10.4. The number of nitrogens with zero attached hydrogens (tertiary/aromatic N) is 2. The molecule has 0 aliphatic carbocycles. The third-order valence-corrected chi connectivity index (χ3v) is 7.01. The summed E-state index contributed by atoms with van der Waals surface area (Å²) >= 11 is 0. The summed E-state index contributed by atoms with van der Waals surface area (Å²) in [5.74, 6) is -0.224. The molecule has 7 nitrogen and oxygen atoms in total. The highest BCUT2D eigenvalue weighted by Crippen LogP contribution is 2.33. The van der Waals surface area contributed by atoms with E-state index < -0.39 is 11.6 Å². The van der Waals surface area contributed by atoms with Crippen molar-refractivity contribution in [2.45, 2.75) is 64.5 Å². The van der Waals surface area contributed by atoms with Crippen LogP contribution in [0.2, 0.25) is 0 Å². The smallest absolute Gasteiger partial charge is 0.324 e. The number of piperidine rings is 1. The summed E-state index contributed by atoms with van der Waals surface area (Å²) in [6.07, 6.45) is 1.38. The largest absolute Gasteiger partial charge is 0.325 e. The summed E-state index contributed by atoms with van der Waals surface area (Å²) in [6.45, 7) is 10.1. The maximum absolute atomic E-state index is 13.5. The fraction of sp³-hybridized carbons (Fsp3) is 0.464. The zero-order valence-corrected chi connectivity index (χ0v) is 21.1. The average Bonchev–Trinajstić information content (AvgIpc) is 3.03. The molecule has 2 N–H and O–H groups in total. The molecular formula is C28H36N4O3. The van der Waals surface area contributed by atoms with Crippen molar-refractivity contribution in [1.29, 1.82) is 0 Å². The molecule has 35 heavy (non-hydrogen) atoms. The number of hydrogen-bond acceptors (Lipinski definition) is 4. The summed E-state index contributed by atoms with van der Waals surface area (Å²) in [4.78, 5) is 42.7. The van der Waals surface area contributed by atoms with Gasteiger partial charge in [0.05, 0.1) is 0 Å². The number of hydrogen-bond donors (Lipinski definition) is 2. The van der Waals surface area contributed by atoms with Gasteiger partial charge >= 0.3 is 6.03 Å². The molecule has 4 amide bonds. The molecule has 2 fully saturated rings. The number of anilines is 1. The zero-order valence-electron chi connectivity index (χ0n) is 21.1. The molecule has 0 aromatic heterocycles. The first-order valence-corrected chi connectivity index (χ1v) is 12.5. The Morgan fingerprint density at radius 2 is 1.66 bits per heavy atom. The van der Waals surface area contributed by atoms with Crippen LogP contribution in [0, 0.1) is 0 Å². The Morgan fingerprint density at radius 1 is 1.00 bits per heavy atom. The Hall–Kier alpha value is -3.19. The standard InChI is InChI=1S/C28H36N4O3/c1-19(2)22-12-8-13-23(20(3)4)25(22)29-24(33)17-32-26(34)28(30-27(32)35)14-9-15-31(18-28)16-21-10-6-5-7-11-21/h5-8,10-13,19-20H,9,14-18H2,1-4H3,(H,29,33)(H,30,35). The molecule has 1 atom stereocenters. The van der Waals surface area contributed by atoms with Crippen molar-refractivity contribution < 1.29 is 14.4 Å². The second kappa shape index (κ2) is 10.2. The Kier molecular flexibility index (Phi) is 7.26. The van der Waals surface area contributed by atoms with Gasteiger partial charge in [0.1, 0.15) is 12.1 Å². The molecule has 2 aliphatic heterocycles. The highest BCUT2D eigenvalue weighted by Gasteiger charge is 2.53. The summed E-state index contributed by atoms with van der Waals surface area (Å²) in [5, 5.41) is 5.95. The van der Waals surface area contributed by atoms with Gasteiger partial charge in [-0.3, -0.25) is 19.4 Å². The fourth-order valence-electron chi connectivity index (χ4n) is 5.24. The summed E-state index contributed by atoms with van der Waals surface area (Å²) < 4.78 is 0. The number of rotatable bonds is 7. The van der Waals surface area contributed by atoms with Gasteiger partial charge in [-0.2, -0.15) is 0 Å². The van der Waals surface area contributed by atoms with E-state index in [9.17, 15) is 14.4 Å². The van der Waals surface area contributed by atoms with Gasteiger partial charge in [0.15, 0.2) is 0 Å². The lowest BCUT2D eigenvalue weighted by Gasteiger charge is -2.38. The molecule has 2 aliphatic rings. The minimum Gasteiger partial charge on any atom is -0.324 e. The topological polar surface area (TPSA) is 81.8 Å². The summed E-state index contributed by atoms with van der Waals surface area (Å²) in [5.41, 5.74) is 3.07. The fourth-order valence-corrected chi connectivity index (χ4v) is 5.24. The number of urea groups is 1. The van der Waals surface area contributed by atoms with Crippen molar-refractivity contribution in [2.24, 2.45) is 0 Å². The highest BCUT2D eigenvalue weighted by atomic mass is 16.2. The number of benzene rings is 2. The number of imide groups is 1. The van der Waals surface area contributed by atoms with Crippen LogP contribution in [0.1, 0.15) is 69.1 Å². The van der Waals surface area contributed by atoms with Crippen molar-refractivity contribution in [3.63, 3.8) is 0 Å². The molecule has 0 radical (unpaired) electrons. The number of carbonyl (C=O) groups is 3. The third kappa shape index (κ3) is 5.25. The van der Waals surface area contributed by atoms with Crippen LogP contribution in [-0.4, -0.2) is 52.8 Å². The van der Waals surface area contributed by atoms with Crippen molar-refractivity contribution >= 4 is 23.5 Å². The van der Waals surface area contributed by atoms with Crippen LogP contribution in [-0.2, 0) is 16.1 Å². The predicted molar refractivity (Wildman–Crippen MR) is 137 cm³/mol. The SMILES string of the molecule is CC(C)c1cccc(C(C)C)c1NC(=O)CN1C(=O)NC2(CCCN(Cc3ccccc3)C2)C1=O. The van der Waals surface area contributed by atoms with Crippen LogP contribution >= 0.6 is 0 Å². The van der Waals surface area contributed by atoms with Crippen molar-refractivity contribution in [2.75, 3.05) is 25.0 Å². The van der Waals surface area contributed by atoms with Gasteiger partial charge in [-0.15, -0.1) is 0 Å². The molecule has 2 aromatic carbocycles. The lowest BCUT2D eigenvalue weighted by molar-refractivity contribution is -0.135. The third-order valence-electron chi connectivity index (χ3n) is 7.01. The van der Waals surface area contributed by atoms with Crippen LogP contribution in [0.5, 0.6) is 0 Å². The Balaban J connectivity index is 1.47. The molecule has 2 aromatic rings. The number of likely N-dealkylation sites (tertiary alicyclic amines) is 1. The Labute approximate surface area is 207 Å². The van der Waals surface area contributed by atoms with E-state index in [2.05, 4.69) is 55.4 Å². The maximum Gasteiger partial charge on any atom is 0.325 e. The zero-order chi connectivity index (χ0) is 25.2. The normalized spacial score (nSPS) is 20.7. The Morgan fingerprint density at radius 3 is 2.29 bits per heavy atom. The molecule has 7 heteroatoms. The molecule has 0 saturated carbocycles. The molecule has 1 spiro atoms. The molecular weight excluding hydrogens is 440 g/mol. The quantitative estimate of drug-likeness (QED) is 0.578. The maximum atomic E-state index is 13.5. The van der Waals surface area contributed by atoms with E-state index in [-0.39, 0.29) is 30.2 Å². The first kappa shape index (κ1) is 24.9. The monoisotopic (exact) mass is 476 g/mol. The van der Waals surface area contributed by atoms with E-state index in [0.29, 0.717) is 13.0 Å². The lowest BCUT2D eigenvalue weighted by atomic mass is 9.88. The van der Waals surface area contributed by atoms with E-state index in [4.69, 9.17) is 0 Å². The molecule has 186 valence electrons. The van der Waals surface area contributed by atoms with Gasteiger partial charge in [0.2, 0.25) is 5.91 Å². The van der Waals surface area contributed by atoms with E-state index in [1.165, 1.54) is 5.56 Å². The van der Waals surface area contributed by atoms with Gasteiger partial charge in [-0.25, -0.2) is 4.79 Å². The average molecular weight is 477 g/mol. The van der Waals surface area contributed by atoms with Gasteiger partial charge in [-0.1, -0.05) is 76.2 Å². The minimum atomic E-state index is -0.969. The van der Waals surface area contributed by atoms with E-state index in [1.54, 1.807) is 0 Å². The van der Waals surface area contributed by atoms with Gasteiger partial charge in [0.25, 0.3) is 5.91 Å².